The molecule has 64 valence electrons. The molecule has 2 N–H and O–H groups in total. The Morgan fingerprint density at radius 3 is 2.75 bits per heavy atom. The number of hydrogen-bond donors (Lipinski definition) is 2. The Labute approximate surface area is 70.3 Å². The number of aromatic hydroxyl groups is 1. The zero-order chi connectivity index (χ0) is 9.14. The van der Waals surface area contributed by atoms with Gasteiger partial charge in [0.15, 0.2) is 0 Å². The van der Waals surface area contributed by atoms with Crippen molar-refractivity contribution in [1.29, 1.82) is 0 Å². The lowest BCUT2D eigenvalue weighted by Crippen LogP contribution is -2.01. The third kappa shape index (κ3) is 1.75. The van der Waals surface area contributed by atoms with Crippen LogP contribution in [0.5, 0.6) is 5.75 Å². The van der Waals surface area contributed by atoms with E-state index in [2.05, 4.69) is 0 Å². The fraction of sp³-hybridized carbons (Fsp3) is 0.222. The Kier molecular flexibility index (Phi) is 2.33. The Morgan fingerprint density at radius 1 is 1.50 bits per heavy atom. The molecule has 1 rings (SSSR count). The van der Waals surface area contributed by atoms with Gasteiger partial charge in [-0.2, -0.15) is 0 Å². The van der Waals surface area contributed by atoms with E-state index in [1.54, 1.807) is 25.1 Å². The average Bonchev–Trinajstić information content (AvgIpc) is 1.98. The number of rotatable bonds is 2. The van der Waals surface area contributed by atoms with Crippen molar-refractivity contribution < 1.29 is 15.0 Å². The van der Waals surface area contributed by atoms with Gasteiger partial charge in [-0.3, -0.25) is 4.79 Å². The van der Waals surface area contributed by atoms with Crippen LogP contribution in [0.15, 0.2) is 18.2 Å². The van der Waals surface area contributed by atoms with E-state index in [4.69, 9.17) is 5.11 Å². The first-order valence-corrected chi connectivity index (χ1v) is 3.60. The van der Waals surface area contributed by atoms with Gasteiger partial charge in [0.1, 0.15) is 5.75 Å². The normalized spacial score (nSPS) is 9.75. The van der Waals surface area contributed by atoms with Crippen LogP contribution in [0.25, 0.3) is 0 Å². The van der Waals surface area contributed by atoms with Crippen LogP contribution in [0.2, 0.25) is 0 Å². The molecule has 0 aliphatic rings. The van der Waals surface area contributed by atoms with Gasteiger partial charge in [-0.05, 0) is 24.1 Å². The molecule has 0 radical (unpaired) electrons. The number of benzene rings is 1. The molecule has 3 nitrogen and oxygen atoms in total. The maximum atomic E-state index is 10.4. The molecule has 12 heavy (non-hydrogen) atoms. The summed E-state index contributed by atoms with van der Waals surface area (Å²) in [4.78, 5) is 10.4. The molecule has 0 bridgehead atoms. The molecule has 1 aromatic carbocycles. The molecule has 0 aromatic heterocycles. The molecular formula is C9H10O3. The molecule has 3 heteroatoms. The molecule has 0 heterocycles. The summed E-state index contributed by atoms with van der Waals surface area (Å²) in [6, 6.07) is 4.88. The molecule has 0 amide bonds. The van der Waals surface area contributed by atoms with Crippen molar-refractivity contribution in [2.24, 2.45) is 0 Å². The van der Waals surface area contributed by atoms with Gasteiger partial charge in [0.05, 0.1) is 6.42 Å². The Bertz CT molecular complexity index is 305. The molecule has 0 atom stereocenters. The van der Waals surface area contributed by atoms with Gasteiger partial charge < -0.3 is 10.2 Å². The summed E-state index contributed by atoms with van der Waals surface area (Å²) in [7, 11) is 0. The van der Waals surface area contributed by atoms with Crippen LogP contribution in [0.3, 0.4) is 0 Å². The van der Waals surface area contributed by atoms with E-state index in [1.165, 1.54) is 0 Å². The largest absolute Gasteiger partial charge is 0.508 e. The molecule has 0 saturated carbocycles. The number of aliphatic carboxylic acids is 1. The molecule has 0 aliphatic heterocycles. The second-order valence-electron chi connectivity index (χ2n) is 2.63. The second-order valence-corrected chi connectivity index (χ2v) is 2.63. The highest BCUT2D eigenvalue weighted by atomic mass is 16.4. The first-order valence-electron chi connectivity index (χ1n) is 3.60. The summed E-state index contributed by atoms with van der Waals surface area (Å²) >= 11 is 0. The minimum Gasteiger partial charge on any atom is -0.508 e. The third-order valence-electron chi connectivity index (χ3n) is 1.76. The number of carboxylic acids is 1. The average molecular weight is 166 g/mol. The van der Waals surface area contributed by atoms with E-state index in [1.807, 2.05) is 0 Å². The van der Waals surface area contributed by atoms with Crippen molar-refractivity contribution in [3.63, 3.8) is 0 Å². The molecule has 0 aliphatic carbocycles. The molecule has 0 unspecified atom stereocenters. The minimum atomic E-state index is -0.885. The van der Waals surface area contributed by atoms with Gasteiger partial charge in [0.25, 0.3) is 0 Å². The lowest BCUT2D eigenvalue weighted by molar-refractivity contribution is -0.136. The number of hydrogen-bond acceptors (Lipinski definition) is 2. The van der Waals surface area contributed by atoms with Crippen LogP contribution in [0.1, 0.15) is 11.1 Å². The van der Waals surface area contributed by atoms with Crippen molar-refractivity contribution in [2.45, 2.75) is 13.3 Å². The third-order valence-corrected chi connectivity index (χ3v) is 1.76. The summed E-state index contributed by atoms with van der Waals surface area (Å²) < 4.78 is 0. The molecule has 0 saturated heterocycles. The molecule has 0 fully saturated rings. The first kappa shape index (κ1) is 8.59. The summed E-state index contributed by atoms with van der Waals surface area (Å²) in [5.74, 6) is -0.738. The lowest BCUT2D eigenvalue weighted by Gasteiger charge is -2.03. The monoisotopic (exact) mass is 166 g/mol. The quantitative estimate of drug-likeness (QED) is 0.696. The van der Waals surface area contributed by atoms with Crippen molar-refractivity contribution in [1.82, 2.24) is 0 Å². The van der Waals surface area contributed by atoms with Gasteiger partial charge in [-0.1, -0.05) is 12.1 Å². The van der Waals surface area contributed by atoms with Crippen LogP contribution in [0.4, 0.5) is 0 Å². The fourth-order valence-electron chi connectivity index (χ4n) is 1.02. The summed E-state index contributed by atoms with van der Waals surface area (Å²) in [6.45, 7) is 1.70. The molecule has 0 spiro atoms. The molecular weight excluding hydrogens is 156 g/mol. The minimum absolute atomic E-state index is 0.0414. The highest BCUT2D eigenvalue weighted by Crippen LogP contribution is 2.19. The van der Waals surface area contributed by atoms with Gasteiger partial charge >= 0.3 is 5.97 Å². The van der Waals surface area contributed by atoms with Gasteiger partial charge in [-0.25, -0.2) is 0 Å². The van der Waals surface area contributed by atoms with Crippen LogP contribution in [-0.4, -0.2) is 16.2 Å². The van der Waals surface area contributed by atoms with E-state index >= 15 is 0 Å². The van der Waals surface area contributed by atoms with Crippen molar-refractivity contribution in [3.8, 4) is 5.75 Å². The predicted molar refractivity (Wildman–Crippen MR) is 44.2 cm³/mol. The highest BCUT2D eigenvalue weighted by Gasteiger charge is 2.05. The van der Waals surface area contributed by atoms with Crippen LogP contribution in [-0.2, 0) is 11.2 Å². The van der Waals surface area contributed by atoms with E-state index in [0.717, 1.165) is 0 Å². The highest BCUT2D eigenvalue weighted by molar-refractivity contribution is 5.71. The smallest absolute Gasteiger partial charge is 0.307 e. The van der Waals surface area contributed by atoms with Crippen molar-refractivity contribution in [2.75, 3.05) is 0 Å². The summed E-state index contributed by atoms with van der Waals surface area (Å²) in [5.41, 5.74) is 1.29. The fourth-order valence-corrected chi connectivity index (χ4v) is 1.02. The maximum absolute atomic E-state index is 10.4. The molecule has 1 aromatic rings. The topological polar surface area (TPSA) is 57.5 Å². The standard InChI is InChI=1S/C9H10O3/c1-6-7(5-9(11)12)3-2-4-8(6)10/h2-4,10H,5H2,1H3,(H,11,12). The zero-order valence-corrected chi connectivity index (χ0v) is 6.74. The van der Waals surface area contributed by atoms with Crippen LogP contribution < -0.4 is 0 Å². The summed E-state index contributed by atoms with van der Waals surface area (Å²) in [6.07, 6.45) is -0.0414. The van der Waals surface area contributed by atoms with Crippen LogP contribution >= 0.6 is 0 Å². The van der Waals surface area contributed by atoms with E-state index in [9.17, 15) is 9.90 Å². The Morgan fingerprint density at radius 2 is 2.17 bits per heavy atom. The Hall–Kier alpha value is -1.51. The lowest BCUT2D eigenvalue weighted by atomic mass is 10.1. The van der Waals surface area contributed by atoms with Crippen molar-refractivity contribution in [3.05, 3.63) is 29.3 Å². The number of carboxylic acid groups (broad SMARTS) is 1. The number of carbonyl (C=O) groups is 1. The first-order chi connectivity index (χ1) is 5.61. The second kappa shape index (κ2) is 3.26. The van der Waals surface area contributed by atoms with Crippen molar-refractivity contribution >= 4 is 5.97 Å². The maximum Gasteiger partial charge on any atom is 0.307 e. The number of phenols is 1. The van der Waals surface area contributed by atoms with Gasteiger partial charge in [0.2, 0.25) is 0 Å². The number of phenolic OH excluding ortho intramolecular Hbond substituents is 1. The Balaban J connectivity index is 3.00. The van der Waals surface area contributed by atoms with E-state index in [0.29, 0.717) is 11.1 Å². The zero-order valence-electron chi connectivity index (χ0n) is 6.74. The van der Waals surface area contributed by atoms with E-state index < -0.39 is 5.97 Å². The van der Waals surface area contributed by atoms with Crippen LogP contribution in [0, 0.1) is 6.92 Å². The van der Waals surface area contributed by atoms with Gasteiger partial charge in [0, 0.05) is 0 Å². The van der Waals surface area contributed by atoms with E-state index in [-0.39, 0.29) is 12.2 Å². The summed E-state index contributed by atoms with van der Waals surface area (Å²) in [5, 5.41) is 17.7. The predicted octanol–water partition coefficient (Wildman–Crippen LogP) is 1.33. The SMILES string of the molecule is Cc1c(O)cccc1CC(=O)O. The van der Waals surface area contributed by atoms with Gasteiger partial charge in [-0.15, -0.1) is 0 Å².